The van der Waals surface area contributed by atoms with Crippen LogP contribution < -0.4 is 11.1 Å². The van der Waals surface area contributed by atoms with Crippen LogP contribution in [0.1, 0.15) is 23.2 Å². The van der Waals surface area contributed by atoms with E-state index in [1.54, 1.807) is 36.4 Å². The summed E-state index contributed by atoms with van der Waals surface area (Å²) in [5, 5.41) is 2.57. The number of amides is 2. The standard InChI is InChI=1S/C15H18N2O4/c1-21-13(18)10-6-5-9-12(14(16)19)17-15(20)11-7-3-2-4-8-11/h2-4,6-8,10,12H,5,9H2,1H3,(H2,16,19)(H,17,20)/b10-6+/t12-/m0/s1. The van der Waals surface area contributed by atoms with Crippen molar-refractivity contribution >= 4 is 17.8 Å². The molecular formula is C15H18N2O4. The van der Waals surface area contributed by atoms with Crippen molar-refractivity contribution in [2.75, 3.05) is 7.11 Å². The Kier molecular flexibility index (Phi) is 6.67. The van der Waals surface area contributed by atoms with E-state index in [9.17, 15) is 14.4 Å². The monoisotopic (exact) mass is 290 g/mol. The molecule has 2 amide bonds. The molecule has 0 heterocycles. The minimum atomic E-state index is -0.792. The number of primary amides is 1. The van der Waals surface area contributed by atoms with E-state index in [2.05, 4.69) is 10.1 Å². The minimum Gasteiger partial charge on any atom is -0.466 e. The van der Waals surface area contributed by atoms with E-state index in [1.807, 2.05) is 0 Å². The van der Waals surface area contributed by atoms with Crippen LogP contribution in [0.15, 0.2) is 42.5 Å². The second-order valence-corrected chi connectivity index (χ2v) is 4.30. The molecular weight excluding hydrogens is 272 g/mol. The van der Waals surface area contributed by atoms with E-state index in [0.717, 1.165) is 0 Å². The summed E-state index contributed by atoms with van der Waals surface area (Å²) in [5.74, 6) is -1.46. The maximum absolute atomic E-state index is 11.9. The molecule has 0 aromatic heterocycles. The van der Waals surface area contributed by atoms with Crippen molar-refractivity contribution in [2.24, 2.45) is 5.73 Å². The molecule has 6 heteroatoms. The number of carbonyl (C=O) groups is 3. The van der Waals surface area contributed by atoms with Crippen LogP contribution in [0, 0.1) is 0 Å². The number of esters is 1. The fourth-order valence-electron chi connectivity index (χ4n) is 1.63. The van der Waals surface area contributed by atoms with Gasteiger partial charge in [-0.05, 0) is 25.0 Å². The molecule has 1 aromatic rings. The Morgan fingerprint density at radius 3 is 2.52 bits per heavy atom. The molecule has 0 radical (unpaired) electrons. The van der Waals surface area contributed by atoms with Crippen molar-refractivity contribution in [3.05, 3.63) is 48.0 Å². The molecule has 0 saturated carbocycles. The lowest BCUT2D eigenvalue weighted by atomic mass is 10.1. The predicted octanol–water partition coefficient (Wildman–Crippen LogP) is 0.780. The quantitative estimate of drug-likeness (QED) is 0.572. The van der Waals surface area contributed by atoms with Gasteiger partial charge in [-0.25, -0.2) is 4.79 Å². The van der Waals surface area contributed by atoms with E-state index < -0.39 is 17.9 Å². The summed E-state index contributed by atoms with van der Waals surface area (Å²) >= 11 is 0. The summed E-state index contributed by atoms with van der Waals surface area (Å²) in [6.07, 6.45) is 3.55. The van der Waals surface area contributed by atoms with Gasteiger partial charge in [-0.2, -0.15) is 0 Å². The first-order valence-corrected chi connectivity index (χ1v) is 6.44. The van der Waals surface area contributed by atoms with Crippen LogP contribution in [0.5, 0.6) is 0 Å². The second kappa shape index (κ2) is 8.52. The summed E-state index contributed by atoms with van der Waals surface area (Å²) in [5.41, 5.74) is 5.71. The van der Waals surface area contributed by atoms with Crippen LogP contribution in [-0.4, -0.2) is 30.9 Å². The molecule has 3 N–H and O–H groups in total. The molecule has 0 aliphatic rings. The van der Waals surface area contributed by atoms with Gasteiger partial charge in [-0.15, -0.1) is 0 Å². The number of ether oxygens (including phenoxy) is 1. The van der Waals surface area contributed by atoms with E-state index in [-0.39, 0.29) is 5.91 Å². The lowest BCUT2D eigenvalue weighted by Gasteiger charge is -2.14. The Hall–Kier alpha value is -2.63. The van der Waals surface area contributed by atoms with Crippen molar-refractivity contribution < 1.29 is 19.1 Å². The molecule has 0 spiro atoms. The van der Waals surface area contributed by atoms with Gasteiger partial charge in [0.1, 0.15) is 6.04 Å². The molecule has 1 aromatic carbocycles. The number of benzene rings is 1. The highest BCUT2D eigenvalue weighted by atomic mass is 16.5. The highest BCUT2D eigenvalue weighted by molar-refractivity contribution is 5.97. The zero-order valence-corrected chi connectivity index (χ0v) is 11.7. The summed E-state index contributed by atoms with van der Waals surface area (Å²) in [4.78, 5) is 34.2. The number of hydrogen-bond acceptors (Lipinski definition) is 4. The van der Waals surface area contributed by atoms with Gasteiger partial charge >= 0.3 is 5.97 Å². The molecule has 112 valence electrons. The van der Waals surface area contributed by atoms with Crippen LogP contribution in [0.25, 0.3) is 0 Å². The van der Waals surface area contributed by atoms with Crippen molar-refractivity contribution in [1.29, 1.82) is 0 Å². The number of nitrogens with one attached hydrogen (secondary N) is 1. The van der Waals surface area contributed by atoms with E-state index >= 15 is 0 Å². The molecule has 0 aliphatic heterocycles. The Bertz CT molecular complexity index is 526. The lowest BCUT2D eigenvalue weighted by Crippen LogP contribution is -2.44. The first kappa shape index (κ1) is 16.4. The third kappa shape index (κ3) is 5.90. The van der Waals surface area contributed by atoms with Crippen molar-refractivity contribution in [2.45, 2.75) is 18.9 Å². The average molecular weight is 290 g/mol. The summed E-state index contributed by atoms with van der Waals surface area (Å²) in [6.45, 7) is 0. The molecule has 0 aliphatic carbocycles. The predicted molar refractivity (Wildman–Crippen MR) is 77.3 cm³/mol. The lowest BCUT2D eigenvalue weighted by molar-refractivity contribution is -0.134. The minimum absolute atomic E-state index is 0.307. The Labute approximate surface area is 123 Å². The molecule has 1 rings (SSSR count). The molecule has 6 nitrogen and oxygen atoms in total. The SMILES string of the molecule is COC(=O)/C=C/CC[C@H](NC(=O)c1ccccc1)C(N)=O. The average Bonchev–Trinajstić information content (AvgIpc) is 2.50. The Morgan fingerprint density at radius 2 is 1.95 bits per heavy atom. The molecule has 1 atom stereocenters. The molecule has 0 unspecified atom stereocenters. The summed E-state index contributed by atoms with van der Waals surface area (Å²) in [6, 6.07) is 7.75. The largest absolute Gasteiger partial charge is 0.466 e. The third-order valence-electron chi connectivity index (χ3n) is 2.76. The van der Waals surface area contributed by atoms with Crippen LogP contribution in [0.2, 0.25) is 0 Å². The maximum Gasteiger partial charge on any atom is 0.330 e. The Balaban J connectivity index is 2.54. The molecule has 0 fully saturated rings. The third-order valence-corrected chi connectivity index (χ3v) is 2.76. The fourth-order valence-corrected chi connectivity index (χ4v) is 1.63. The van der Waals surface area contributed by atoms with Crippen LogP contribution >= 0.6 is 0 Å². The van der Waals surface area contributed by atoms with E-state index in [1.165, 1.54) is 13.2 Å². The number of allylic oxidation sites excluding steroid dienone is 1. The maximum atomic E-state index is 11.9. The number of nitrogens with two attached hydrogens (primary N) is 1. The van der Waals surface area contributed by atoms with Crippen molar-refractivity contribution in [1.82, 2.24) is 5.32 Å². The van der Waals surface area contributed by atoms with Crippen molar-refractivity contribution in [3.8, 4) is 0 Å². The van der Waals surface area contributed by atoms with Gasteiger partial charge in [0.05, 0.1) is 7.11 Å². The summed E-state index contributed by atoms with van der Waals surface area (Å²) < 4.78 is 4.44. The van der Waals surface area contributed by atoms with Gasteiger partial charge in [-0.3, -0.25) is 9.59 Å². The van der Waals surface area contributed by atoms with Crippen LogP contribution in [0.4, 0.5) is 0 Å². The van der Waals surface area contributed by atoms with E-state index in [4.69, 9.17) is 5.73 Å². The zero-order valence-electron chi connectivity index (χ0n) is 11.7. The molecule has 21 heavy (non-hydrogen) atoms. The highest BCUT2D eigenvalue weighted by Gasteiger charge is 2.17. The number of hydrogen-bond donors (Lipinski definition) is 2. The van der Waals surface area contributed by atoms with Gasteiger partial charge in [0.15, 0.2) is 0 Å². The van der Waals surface area contributed by atoms with Gasteiger partial charge < -0.3 is 15.8 Å². The first-order valence-electron chi connectivity index (χ1n) is 6.44. The van der Waals surface area contributed by atoms with Crippen LogP contribution in [-0.2, 0) is 14.3 Å². The highest BCUT2D eigenvalue weighted by Crippen LogP contribution is 2.03. The van der Waals surface area contributed by atoms with Crippen molar-refractivity contribution in [3.63, 3.8) is 0 Å². The number of rotatable bonds is 7. The van der Waals surface area contributed by atoms with Gasteiger partial charge in [0.25, 0.3) is 5.91 Å². The van der Waals surface area contributed by atoms with Gasteiger partial charge in [0, 0.05) is 11.6 Å². The number of carbonyl (C=O) groups excluding carboxylic acids is 3. The topological polar surface area (TPSA) is 98.5 Å². The normalized spacial score (nSPS) is 11.9. The summed E-state index contributed by atoms with van der Waals surface area (Å²) in [7, 11) is 1.28. The van der Waals surface area contributed by atoms with Crippen LogP contribution in [0.3, 0.4) is 0 Å². The Morgan fingerprint density at radius 1 is 1.29 bits per heavy atom. The molecule has 0 saturated heterocycles. The van der Waals surface area contributed by atoms with Gasteiger partial charge in [-0.1, -0.05) is 24.3 Å². The zero-order chi connectivity index (χ0) is 15.7. The second-order valence-electron chi connectivity index (χ2n) is 4.30. The van der Waals surface area contributed by atoms with E-state index in [0.29, 0.717) is 18.4 Å². The number of methoxy groups -OCH3 is 1. The first-order chi connectivity index (χ1) is 10.0. The van der Waals surface area contributed by atoms with Gasteiger partial charge in [0.2, 0.25) is 5.91 Å². The molecule has 0 bridgehead atoms. The smallest absolute Gasteiger partial charge is 0.330 e. The fraction of sp³-hybridized carbons (Fsp3) is 0.267.